The lowest BCUT2D eigenvalue weighted by Crippen LogP contribution is -2.45. The molecule has 0 spiro atoms. The van der Waals surface area contributed by atoms with Gasteiger partial charge < -0.3 is 0 Å². The minimum Gasteiger partial charge on any atom is -0.294 e. The highest BCUT2D eigenvalue weighted by atomic mass is 16.6. The van der Waals surface area contributed by atoms with E-state index >= 15 is 0 Å². The van der Waals surface area contributed by atoms with E-state index in [-0.39, 0.29) is 10.6 Å². The molecular formula is C25H24N4O2. The van der Waals surface area contributed by atoms with Crippen LogP contribution >= 0.6 is 0 Å². The summed E-state index contributed by atoms with van der Waals surface area (Å²) in [6.07, 6.45) is 0. The monoisotopic (exact) mass is 412 g/mol. The molecule has 0 radical (unpaired) electrons. The lowest BCUT2D eigenvalue weighted by molar-refractivity contribution is -0.384. The molecule has 0 unspecified atom stereocenters. The van der Waals surface area contributed by atoms with Crippen LogP contribution in [0, 0.1) is 10.1 Å². The molecule has 0 amide bonds. The summed E-state index contributed by atoms with van der Waals surface area (Å²) < 4.78 is 0. The van der Waals surface area contributed by atoms with Crippen LogP contribution in [0.25, 0.3) is 11.1 Å². The van der Waals surface area contributed by atoms with E-state index in [2.05, 4.69) is 58.4 Å². The Labute approximate surface area is 181 Å². The maximum atomic E-state index is 10.9. The van der Waals surface area contributed by atoms with E-state index in [1.54, 1.807) is 12.1 Å². The zero-order chi connectivity index (χ0) is 21.4. The van der Waals surface area contributed by atoms with Gasteiger partial charge in [0.2, 0.25) is 0 Å². The second-order valence-corrected chi connectivity index (χ2v) is 8.06. The van der Waals surface area contributed by atoms with Crippen molar-refractivity contribution in [1.29, 1.82) is 0 Å². The van der Waals surface area contributed by atoms with Crippen LogP contribution in [0.1, 0.15) is 29.7 Å². The smallest absolute Gasteiger partial charge is 0.269 e. The predicted molar refractivity (Wildman–Crippen MR) is 122 cm³/mol. The van der Waals surface area contributed by atoms with Gasteiger partial charge in [0.25, 0.3) is 5.69 Å². The van der Waals surface area contributed by atoms with E-state index in [9.17, 15) is 10.1 Å². The lowest BCUT2D eigenvalue weighted by atomic mass is 10.0. The molecule has 6 nitrogen and oxygen atoms in total. The summed E-state index contributed by atoms with van der Waals surface area (Å²) in [5.41, 5.74) is 7.36. The van der Waals surface area contributed by atoms with Crippen molar-refractivity contribution in [2.75, 3.05) is 26.2 Å². The van der Waals surface area contributed by atoms with Crippen molar-refractivity contribution in [3.8, 4) is 11.1 Å². The Balaban J connectivity index is 1.31. The van der Waals surface area contributed by atoms with Gasteiger partial charge in [0, 0.05) is 38.3 Å². The highest BCUT2D eigenvalue weighted by Crippen LogP contribution is 2.46. The minimum absolute atomic E-state index is 0.0993. The van der Waals surface area contributed by atoms with Crippen molar-refractivity contribution in [3.05, 3.63) is 99.6 Å². The molecule has 0 atom stereocenters. The number of nitro groups is 1. The lowest BCUT2D eigenvalue weighted by Gasteiger charge is -2.37. The number of hydrazone groups is 1. The van der Waals surface area contributed by atoms with Crippen LogP contribution in [0.5, 0.6) is 0 Å². The number of hydrogen-bond donors (Lipinski definition) is 0. The molecule has 0 aromatic heterocycles. The number of nitro benzene ring substituents is 1. The molecule has 2 aliphatic rings. The zero-order valence-electron chi connectivity index (χ0n) is 17.4. The summed E-state index contributed by atoms with van der Waals surface area (Å²) in [5.74, 6) is 0. The van der Waals surface area contributed by atoms with Crippen LogP contribution in [0.3, 0.4) is 0 Å². The first kappa shape index (κ1) is 19.5. The summed E-state index contributed by atoms with van der Waals surface area (Å²) >= 11 is 0. The summed E-state index contributed by atoms with van der Waals surface area (Å²) in [5, 5.41) is 17.8. The molecule has 3 aromatic rings. The maximum Gasteiger partial charge on any atom is 0.269 e. The molecule has 5 rings (SSSR count). The van der Waals surface area contributed by atoms with E-state index in [0.29, 0.717) is 6.04 Å². The van der Waals surface area contributed by atoms with Gasteiger partial charge in [0.05, 0.1) is 16.7 Å². The third-order valence-corrected chi connectivity index (χ3v) is 6.24. The Hall–Kier alpha value is -3.51. The molecule has 0 bridgehead atoms. The topological polar surface area (TPSA) is 62.0 Å². The SMILES string of the molecule is C/C(=N/N1CCN(C2c3ccccc3-c3ccccc32)CC1)c1ccc([N+](=O)[O-])cc1. The Morgan fingerprint density at radius 2 is 1.42 bits per heavy atom. The number of hydrogen-bond acceptors (Lipinski definition) is 5. The van der Waals surface area contributed by atoms with Crippen LogP contribution in [-0.2, 0) is 0 Å². The van der Waals surface area contributed by atoms with Gasteiger partial charge in [0.15, 0.2) is 0 Å². The molecule has 3 aromatic carbocycles. The minimum atomic E-state index is -0.380. The third-order valence-electron chi connectivity index (χ3n) is 6.24. The summed E-state index contributed by atoms with van der Waals surface area (Å²) in [4.78, 5) is 13.0. The Morgan fingerprint density at radius 3 is 1.97 bits per heavy atom. The first-order valence-corrected chi connectivity index (χ1v) is 10.6. The third kappa shape index (κ3) is 3.59. The molecule has 6 heteroatoms. The molecule has 0 saturated carbocycles. The van der Waals surface area contributed by atoms with E-state index in [1.807, 2.05) is 6.92 Å². The molecular weight excluding hydrogens is 388 g/mol. The first-order valence-electron chi connectivity index (χ1n) is 10.6. The van der Waals surface area contributed by atoms with Gasteiger partial charge in [-0.3, -0.25) is 20.0 Å². The Kier molecular flexibility index (Phi) is 5.00. The summed E-state index contributed by atoms with van der Waals surface area (Å²) in [7, 11) is 0. The van der Waals surface area contributed by atoms with Crippen LogP contribution in [0.4, 0.5) is 5.69 Å². The van der Waals surface area contributed by atoms with Crippen LogP contribution in [0.15, 0.2) is 77.9 Å². The first-order chi connectivity index (χ1) is 15.1. The normalized spacial score (nSPS) is 16.8. The Morgan fingerprint density at radius 1 is 0.871 bits per heavy atom. The van der Waals surface area contributed by atoms with Gasteiger partial charge in [-0.25, -0.2) is 0 Å². The van der Waals surface area contributed by atoms with Crippen LogP contribution < -0.4 is 0 Å². The molecule has 31 heavy (non-hydrogen) atoms. The summed E-state index contributed by atoms with van der Waals surface area (Å²) in [6, 6.07) is 24.3. The highest BCUT2D eigenvalue weighted by molar-refractivity contribution is 5.98. The molecule has 1 fully saturated rings. The largest absolute Gasteiger partial charge is 0.294 e. The standard InChI is InChI=1S/C25H24N4O2/c1-18(19-10-12-20(13-11-19)29(30)31)26-28-16-14-27(15-17-28)25-23-8-4-2-6-21(23)22-7-3-5-9-24(22)25/h2-13,25H,14-17H2,1H3/b26-18-. The number of rotatable bonds is 4. The van der Waals surface area contributed by atoms with E-state index < -0.39 is 0 Å². The Bertz CT molecular complexity index is 1100. The quantitative estimate of drug-likeness (QED) is 0.354. The van der Waals surface area contributed by atoms with E-state index in [1.165, 1.54) is 34.4 Å². The number of nitrogens with zero attached hydrogens (tertiary/aromatic N) is 4. The van der Waals surface area contributed by atoms with Crippen molar-refractivity contribution >= 4 is 11.4 Å². The van der Waals surface area contributed by atoms with Gasteiger partial charge in [0.1, 0.15) is 0 Å². The number of fused-ring (bicyclic) bond motifs is 3. The molecule has 1 aliphatic carbocycles. The molecule has 1 saturated heterocycles. The van der Waals surface area contributed by atoms with Gasteiger partial charge >= 0.3 is 0 Å². The fraction of sp³-hybridized carbons (Fsp3) is 0.240. The van der Waals surface area contributed by atoms with Crippen molar-refractivity contribution < 1.29 is 4.92 Å². The van der Waals surface area contributed by atoms with Crippen molar-refractivity contribution in [2.45, 2.75) is 13.0 Å². The van der Waals surface area contributed by atoms with E-state index in [0.717, 1.165) is 37.5 Å². The molecule has 1 aliphatic heterocycles. The number of piperazine rings is 1. The van der Waals surface area contributed by atoms with Gasteiger partial charge in [-0.05, 0) is 46.9 Å². The van der Waals surface area contributed by atoms with E-state index in [4.69, 9.17) is 5.10 Å². The molecule has 156 valence electrons. The fourth-order valence-electron chi connectivity index (χ4n) is 4.69. The predicted octanol–water partition coefficient (Wildman–Crippen LogP) is 4.71. The summed E-state index contributed by atoms with van der Waals surface area (Å²) in [6.45, 7) is 5.53. The van der Waals surface area contributed by atoms with Crippen molar-refractivity contribution in [3.63, 3.8) is 0 Å². The van der Waals surface area contributed by atoms with Gasteiger partial charge in [-0.2, -0.15) is 5.10 Å². The number of benzene rings is 3. The second kappa shape index (κ2) is 7.96. The fourth-order valence-corrected chi connectivity index (χ4v) is 4.69. The van der Waals surface area contributed by atoms with Crippen LogP contribution in [-0.4, -0.2) is 46.7 Å². The van der Waals surface area contributed by atoms with Gasteiger partial charge in [-0.15, -0.1) is 0 Å². The average Bonchev–Trinajstić information content (AvgIpc) is 3.14. The molecule has 0 N–H and O–H groups in total. The average molecular weight is 412 g/mol. The maximum absolute atomic E-state index is 10.9. The van der Waals surface area contributed by atoms with Crippen molar-refractivity contribution in [1.82, 2.24) is 9.91 Å². The second-order valence-electron chi connectivity index (χ2n) is 8.06. The van der Waals surface area contributed by atoms with Crippen LogP contribution in [0.2, 0.25) is 0 Å². The number of non-ortho nitro benzene ring substituents is 1. The van der Waals surface area contributed by atoms with Crippen molar-refractivity contribution in [2.24, 2.45) is 5.10 Å². The zero-order valence-corrected chi connectivity index (χ0v) is 17.4. The molecule has 1 heterocycles. The van der Waals surface area contributed by atoms with Gasteiger partial charge in [-0.1, -0.05) is 48.5 Å². The highest BCUT2D eigenvalue weighted by Gasteiger charge is 2.34.